The van der Waals surface area contributed by atoms with Gasteiger partial charge < -0.3 is 5.73 Å². The number of carbonyl (C=O) groups is 1. The molecule has 0 saturated carbocycles. The van der Waals surface area contributed by atoms with Crippen LogP contribution in [0.4, 0.5) is 5.69 Å². The second kappa shape index (κ2) is 6.28. The lowest BCUT2D eigenvalue weighted by molar-refractivity contribution is 0.100. The van der Waals surface area contributed by atoms with Crippen LogP contribution in [0.5, 0.6) is 0 Å². The number of nitrogens with two attached hydrogens (primary N) is 1. The van der Waals surface area contributed by atoms with Crippen molar-refractivity contribution in [3.05, 3.63) is 59.2 Å². The van der Waals surface area contributed by atoms with Gasteiger partial charge >= 0.3 is 0 Å². The smallest absolute Gasteiger partial charge is 0.264 e. The molecule has 1 aliphatic carbocycles. The Kier molecular flexibility index (Phi) is 4.32. The molecular formula is C18H20N2O3S. The lowest BCUT2D eigenvalue weighted by Gasteiger charge is -2.23. The highest BCUT2D eigenvalue weighted by molar-refractivity contribution is 7.92. The molecule has 0 spiro atoms. The maximum atomic E-state index is 13.0. The monoisotopic (exact) mass is 344 g/mol. The highest BCUT2D eigenvalue weighted by Gasteiger charge is 2.25. The van der Waals surface area contributed by atoms with Crippen molar-refractivity contribution in [2.24, 2.45) is 5.73 Å². The molecule has 5 nitrogen and oxygen atoms in total. The summed E-state index contributed by atoms with van der Waals surface area (Å²) in [6, 6.07) is 11.7. The van der Waals surface area contributed by atoms with Crippen LogP contribution in [-0.4, -0.2) is 21.4 Å². The molecule has 1 aliphatic rings. The van der Waals surface area contributed by atoms with E-state index in [9.17, 15) is 13.2 Å². The Labute approximate surface area is 142 Å². The first-order valence-corrected chi connectivity index (χ1v) is 9.35. The Morgan fingerprint density at radius 2 is 1.71 bits per heavy atom. The molecule has 2 aromatic rings. The minimum Gasteiger partial charge on any atom is -0.366 e. The van der Waals surface area contributed by atoms with Gasteiger partial charge in [0.1, 0.15) is 0 Å². The normalized spacial score (nSPS) is 14.0. The van der Waals surface area contributed by atoms with E-state index in [1.165, 1.54) is 18.7 Å². The molecule has 3 rings (SSSR count). The summed E-state index contributed by atoms with van der Waals surface area (Å²) in [5.41, 5.74) is 8.15. The number of sulfonamides is 1. The van der Waals surface area contributed by atoms with Crippen LogP contribution in [0.2, 0.25) is 0 Å². The number of rotatable bonds is 4. The molecule has 0 saturated heterocycles. The molecule has 0 atom stereocenters. The van der Waals surface area contributed by atoms with Crippen LogP contribution >= 0.6 is 0 Å². The number of anilines is 1. The van der Waals surface area contributed by atoms with E-state index < -0.39 is 15.9 Å². The van der Waals surface area contributed by atoms with Crippen LogP contribution in [0.3, 0.4) is 0 Å². The lowest BCUT2D eigenvalue weighted by atomic mass is 9.92. The number of primary amides is 1. The highest BCUT2D eigenvalue weighted by Crippen LogP contribution is 2.28. The number of hydrogen-bond acceptors (Lipinski definition) is 3. The zero-order chi connectivity index (χ0) is 17.3. The Bertz CT molecular complexity index is 891. The minimum absolute atomic E-state index is 0.182. The first-order chi connectivity index (χ1) is 11.4. The van der Waals surface area contributed by atoms with Gasteiger partial charge in [0.25, 0.3) is 15.9 Å². The highest BCUT2D eigenvalue weighted by atomic mass is 32.2. The van der Waals surface area contributed by atoms with Crippen molar-refractivity contribution in [3.8, 4) is 0 Å². The first-order valence-electron chi connectivity index (χ1n) is 7.91. The van der Waals surface area contributed by atoms with Gasteiger partial charge in [-0.3, -0.25) is 9.10 Å². The Hall–Kier alpha value is -2.34. The zero-order valence-electron chi connectivity index (χ0n) is 13.5. The van der Waals surface area contributed by atoms with Crippen molar-refractivity contribution >= 4 is 21.6 Å². The maximum absolute atomic E-state index is 13.0. The summed E-state index contributed by atoms with van der Waals surface area (Å²) in [4.78, 5) is 11.8. The average molecular weight is 344 g/mol. The fourth-order valence-electron chi connectivity index (χ4n) is 3.11. The van der Waals surface area contributed by atoms with E-state index >= 15 is 0 Å². The molecule has 24 heavy (non-hydrogen) atoms. The Morgan fingerprint density at radius 1 is 1.04 bits per heavy atom. The Morgan fingerprint density at radius 3 is 2.42 bits per heavy atom. The fraction of sp³-hybridized carbons (Fsp3) is 0.278. The van der Waals surface area contributed by atoms with Crippen LogP contribution < -0.4 is 10.0 Å². The zero-order valence-corrected chi connectivity index (χ0v) is 14.3. The molecule has 2 N–H and O–H groups in total. The van der Waals surface area contributed by atoms with Gasteiger partial charge in [-0.2, -0.15) is 0 Å². The van der Waals surface area contributed by atoms with Gasteiger partial charge in [-0.15, -0.1) is 0 Å². The maximum Gasteiger partial charge on any atom is 0.264 e. The molecule has 0 radical (unpaired) electrons. The van der Waals surface area contributed by atoms with Gasteiger partial charge in [0.2, 0.25) is 0 Å². The fourth-order valence-corrected chi connectivity index (χ4v) is 4.38. The molecule has 0 aliphatic heterocycles. The van der Waals surface area contributed by atoms with Crippen molar-refractivity contribution in [2.75, 3.05) is 11.4 Å². The summed E-state index contributed by atoms with van der Waals surface area (Å²) in [5.74, 6) is -0.655. The number of fused-ring (bicyclic) bond motifs is 1. The summed E-state index contributed by atoms with van der Waals surface area (Å²) in [6.45, 7) is 0. The van der Waals surface area contributed by atoms with Crippen molar-refractivity contribution in [1.29, 1.82) is 0 Å². The third-order valence-corrected chi connectivity index (χ3v) is 6.25. The van der Waals surface area contributed by atoms with Gasteiger partial charge in [0.15, 0.2) is 0 Å². The number of aryl methyl sites for hydroxylation is 2. The van der Waals surface area contributed by atoms with E-state index in [4.69, 9.17) is 5.73 Å². The van der Waals surface area contributed by atoms with Crippen molar-refractivity contribution in [2.45, 2.75) is 30.6 Å². The van der Waals surface area contributed by atoms with Crippen LogP contribution in [-0.2, 0) is 22.9 Å². The van der Waals surface area contributed by atoms with E-state index in [0.29, 0.717) is 0 Å². The van der Waals surface area contributed by atoms with Crippen LogP contribution in [0.25, 0.3) is 0 Å². The first kappa shape index (κ1) is 16.5. The second-order valence-corrected chi connectivity index (χ2v) is 7.96. The summed E-state index contributed by atoms with van der Waals surface area (Å²) in [6.07, 6.45) is 4.12. The molecule has 0 unspecified atom stereocenters. The quantitative estimate of drug-likeness (QED) is 0.925. The summed E-state index contributed by atoms with van der Waals surface area (Å²) in [5, 5.41) is 0. The number of amides is 1. The van der Waals surface area contributed by atoms with Gasteiger partial charge in [0.05, 0.1) is 16.1 Å². The molecule has 1 amide bonds. The predicted molar refractivity (Wildman–Crippen MR) is 93.6 cm³/mol. The number of nitrogens with zero attached hydrogens (tertiary/aromatic N) is 1. The van der Waals surface area contributed by atoms with E-state index in [1.807, 2.05) is 6.07 Å². The average Bonchev–Trinajstić information content (AvgIpc) is 2.60. The molecule has 2 aromatic carbocycles. The number of carbonyl (C=O) groups excluding carboxylic acids is 1. The predicted octanol–water partition coefficient (Wildman–Crippen LogP) is 2.49. The largest absolute Gasteiger partial charge is 0.366 e. The van der Waals surface area contributed by atoms with E-state index in [0.717, 1.165) is 35.6 Å². The summed E-state index contributed by atoms with van der Waals surface area (Å²) in [7, 11) is -2.31. The lowest BCUT2D eigenvalue weighted by Crippen LogP contribution is -2.29. The molecule has 0 bridgehead atoms. The third kappa shape index (κ3) is 2.89. The molecule has 0 heterocycles. The number of para-hydroxylation sites is 1. The van der Waals surface area contributed by atoms with Crippen LogP contribution in [0.1, 0.15) is 34.3 Å². The second-order valence-electron chi connectivity index (χ2n) is 5.99. The molecular weight excluding hydrogens is 324 g/mol. The summed E-state index contributed by atoms with van der Waals surface area (Å²) >= 11 is 0. The molecule has 0 fully saturated rings. The van der Waals surface area contributed by atoms with E-state index in [-0.39, 0.29) is 16.1 Å². The number of benzene rings is 2. The topological polar surface area (TPSA) is 80.5 Å². The number of hydrogen-bond donors (Lipinski definition) is 1. The van der Waals surface area contributed by atoms with E-state index in [2.05, 4.69) is 0 Å². The van der Waals surface area contributed by atoms with Crippen molar-refractivity contribution in [1.82, 2.24) is 0 Å². The van der Waals surface area contributed by atoms with E-state index in [1.54, 1.807) is 30.3 Å². The van der Waals surface area contributed by atoms with Crippen LogP contribution in [0.15, 0.2) is 47.4 Å². The van der Waals surface area contributed by atoms with Gasteiger partial charge in [0, 0.05) is 7.05 Å². The van der Waals surface area contributed by atoms with Gasteiger partial charge in [-0.05, 0) is 61.1 Å². The van der Waals surface area contributed by atoms with Gasteiger partial charge in [-0.25, -0.2) is 8.42 Å². The van der Waals surface area contributed by atoms with Gasteiger partial charge in [-0.1, -0.05) is 18.2 Å². The third-order valence-electron chi connectivity index (χ3n) is 4.49. The molecule has 6 heteroatoms. The molecule has 0 aromatic heterocycles. The molecule has 126 valence electrons. The SMILES string of the molecule is CN(c1ccccc1C(N)=O)S(=O)(=O)c1ccc2c(c1)CCCC2. The van der Waals surface area contributed by atoms with Crippen molar-refractivity contribution < 1.29 is 13.2 Å². The van der Waals surface area contributed by atoms with Crippen LogP contribution in [0, 0.1) is 0 Å². The Balaban J connectivity index is 2.03. The summed E-state index contributed by atoms with van der Waals surface area (Å²) < 4.78 is 27.1. The standard InChI is InChI=1S/C18H20N2O3S/c1-20(17-9-5-4-8-16(17)18(19)21)24(22,23)15-11-10-13-6-2-3-7-14(13)12-15/h4-5,8-12H,2-3,6-7H2,1H3,(H2,19,21). The minimum atomic E-state index is -3.76. The van der Waals surface area contributed by atoms with Crippen molar-refractivity contribution in [3.63, 3.8) is 0 Å².